The number of hydrogen-bond donors (Lipinski definition) is 0. The highest BCUT2D eigenvalue weighted by atomic mass is 15.2. The van der Waals surface area contributed by atoms with Crippen LogP contribution in [-0.2, 0) is 5.41 Å². The van der Waals surface area contributed by atoms with Gasteiger partial charge in [0.05, 0.1) is 5.41 Å². The molecule has 8 aromatic rings. The Labute approximate surface area is 305 Å². The van der Waals surface area contributed by atoms with Gasteiger partial charge in [-0.15, -0.1) is 0 Å². The van der Waals surface area contributed by atoms with Gasteiger partial charge in [-0.05, 0) is 98.3 Å². The molecular weight excluding hydrogens is 627 g/mol. The summed E-state index contributed by atoms with van der Waals surface area (Å²) in [6.45, 7) is 0.0715. The van der Waals surface area contributed by atoms with E-state index in [-0.39, 0.29) is 6.71 Å². The second kappa shape index (κ2) is 11.2. The Bertz CT molecular complexity index is 2490. The monoisotopic (exact) mass is 660 g/mol. The van der Waals surface area contributed by atoms with Crippen LogP contribution in [-0.4, -0.2) is 6.71 Å². The summed E-state index contributed by atoms with van der Waals surface area (Å²) in [7, 11) is 0. The number of rotatable bonds is 4. The van der Waals surface area contributed by atoms with Gasteiger partial charge in [-0.25, -0.2) is 0 Å². The first kappa shape index (κ1) is 29.2. The van der Waals surface area contributed by atoms with Crippen molar-refractivity contribution in [1.29, 1.82) is 0 Å². The molecular formula is C49H33BN2. The van der Waals surface area contributed by atoms with E-state index >= 15 is 0 Å². The predicted octanol–water partition coefficient (Wildman–Crippen LogP) is 10.1. The third kappa shape index (κ3) is 3.91. The molecule has 0 radical (unpaired) electrons. The Hall–Kier alpha value is -6.58. The molecule has 0 spiro atoms. The third-order valence-electron chi connectivity index (χ3n) is 11.5. The molecule has 3 heteroatoms. The molecule has 0 atom stereocenters. The van der Waals surface area contributed by atoms with Crippen molar-refractivity contribution >= 4 is 57.2 Å². The minimum absolute atomic E-state index is 0.0715. The van der Waals surface area contributed by atoms with Crippen LogP contribution in [0.15, 0.2) is 200 Å². The Morgan fingerprint density at radius 2 is 0.750 bits per heavy atom. The molecule has 2 aliphatic heterocycles. The van der Waals surface area contributed by atoms with Crippen LogP contribution < -0.4 is 26.2 Å². The van der Waals surface area contributed by atoms with Gasteiger partial charge < -0.3 is 9.80 Å². The number of anilines is 6. The summed E-state index contributed by atoms with van der Waals surface area (Å²) in [5.74, 6) is 0. The standard InChI is InChI=1S/C49H33BN2/c1-4-18-34(19-5-1)49(40-26-12-10-24-38(40)39-25-11-13-27-41(39)49)35-32-46-48-47(33-35)52(37-22-8-3-9-23-37)45-31-17-15-29-43(45)50(48)42-28-14-16-30-44(42)51(46)36-20-6-2-7-21-36/h1-33H. The van der Waals surface area contributed by atoms with Crippen molar-refractivity contribution in [3.63, 3.8) is 0 Å². The van der Waals surface area contributed by atoms with Gasteiger partial charge in [0.1, 0.15) is 0 Å². The molecule has 0 saturated heterocycles. The van der Waals surface area contributed by atoms with E-state index < -0.39 is 5.41 Å². The lowest BCUT2D eigenvalue weighted by Gasteiger charge is -2.45. The van der Waals surface area contributed by atoms with Gasteiger partial charge in [0.2, 0.25) is 0 Å². The molecule has 2 heterocycles. The van der Waals surface area contributed by atoms with Crippen LogP contribution in [0, 0.1) is 0 Å². The fraction of sp³-hybridized carbons (Fsp3) is 0.0204. The van der Waals surface area contributed by atoms with Crippen molar-refractivity contribution in [2.75, 3.05) is 9.80 Å². The average molecular weight is 661 g/mol. The third-order valence-corrected chi connectivity index (χ3v) is 11.5. The van der Waals surface area contributed by atoms with Crippen molar-refractivity contribution in [2.45, 2.75) is 5.41 Å². The zero-order valence-electron chi connectivity index (χ0n) is 28.5. The van der Waals surface area contributed by atoms with E-state index in [0.29, 0.717) is 0 Å². The lowest BCUT2D eigenvalue weighted by Crippen LogP contribution is -2.61. The topological polar surface area (TPSA) is 6.48 Å². The smallest absolute Gasteiger partial charge is 0.252 e. The minimum Gasteiger partial charge on any atom is -0.311 e. The predicted molar refractivity (Wildman–Crippen MR) is 218 cm³/mol. The molecule has 11 rings (SSSR count). The van der Waals surface area contributed by atoms with E-state index in [9.17, 15) is 0 Å². The molecule has 0 unspecified atom stereocenters. The van der Waals surface area contributed by atoms with E-state index in [2.05, 4.69) is 210 Å². The molecule has 2 nitrogen and oxygen atoms in total. The maximum Gasteiger partial charge on any atom is 0.252 e. The van der Waals surface area contributed by atoms with E-state index in [4.69, 9.17) is 0 Å². The van der Waals surface area contributed by atoms with Crippen LogP contribution in [0.3, 0.4) is 0 Å². The molecule has 242 valence electrons. The Kier molecular flexibility index (Phi) is 6.29. The molecule has 0 fully saturated rings. The van der Waals surface area contributed by atoms with Crippen LogP contribution >= 0.6 is 0 Å². The highest BCUT2D eigenvalue weighted by Gasteiger charge is 2.49. The summed E-state index contributed by atoms with van der Waals surface area (Å²) < 4.78 is 0. The summed E-state index contributed by atoms with van der Waals surface area (Å²) in [5, 5.41) is 0. The first-order valence-corrected chi connectivity index (χ1v) is 18.2. The van der Waals surface area contributed by atoms with Crippen molar-refractivity contribution in [3.8, 4) is 11.1 Å². The van der Waals surface area contributed by atoms with Gasteiger partial charge in [-0.1, -0.05) is 152 Å². The second-order valence-electron chi connectivity index (χ2n) is 14.0. The Morgan fingerprint density at radius 1 is 0.346 bits per heavy atom. The van der Waals surface area contributed by atoms with E-state index in [0.717, 1.165) is 11.4 Å². The van der Waals surface area contributed by atoms with Gasteiger partial charge in [0.25, 0.3) is 6.71 Å². The first-order chi connectivity index (χ1) is 25.8. The molecule has 0 N–H and O–H groups in total. The molecule has 0 saturated carbocycles. The maximum atomic E-state index is 2.53. The lowest BCUT2D eigenvalue weighted by molar-refractivity contribution is 0.768. The lowest BCUT2D eigenvalue weighted by atomic mass is 9.33. The minimum atomic E-state index is -0.548. The second-order valence-corrected chi connectivity index (χ2v) is 14.0. The number of benzene rings is 8. The SMILES string of the molecule is c1ccc(N2c3ccccc3B3c4ccccc4N(c4ccccc4)c4cc(C5(c6ccccc6)c6ccccc6-c6ccccc65)cc2c43)cc1. The van der Waals surface area contributed by atoms with Crippen molar-refractivity contribution in [2.24, 2.45) is 0 Å². The fourth-order valence-corrected chi connectivity index (χ4v) is 9.54. The Balaban J connectivity index is 1.33. The van der Waals surface area contributed by atoms with Gasteiger partial charge >= 0.3 is 0 Å². The van der Waals surface area contributed by atoms with Crippen LogP contribution in [0.4, 0.5) is 34.1 Å². The van der Waals surface area contributed by atoms with E-state index in [1.165, 1.54) is 72.5 Å². The van der Waals surface area contributed by atoms with Crippen molar-refractivity contribution in [3.05, 3.63) is 222 Å². The Morgan fingerprint density at radius 3 is 1.25 bits per heavy atom. The normalized spacial score (nSPS) is 14.2. The van der Waals surface area contributed by atoms with Gasteiger partial charge in [0, 0.05) is 34.1 Å². The van der Waals surface area contributed by atoms with Crippen molar-refractivity contribution < 1.29 is 0 Å². The molecule has 8 aromatic carbocycles. The van der Waals surface area contributed by atoms with Crippen LogP contribution in [0.25, 0.3) is 11.1 Å². The van der Waals surface area contributed by atoms with Gasteiger partial charge in [-0.2, -0.15) is 0 Å². The van der Waals surface area contributed by atoms with Crippen LogP contribution in [0.5, 0.6) is 0 Å². The van der Waals surface area contributed by atoms with Gasteiger partial charge in [-0.3, -0.25) is 0 Å². The van der Waals surface area contributed by atoms with E-state index in [1.807, 2.05) is 0 Å². The zero-order valence-corrected chi connectivity index (χ0v) is 28.5. The molecule has 0 aromatic heterocycles. The van der Waals surface area contributed by atoms with E-state index in [1.54, 1.807) is 0 Å². The molecule has 0 bridgehead atoms. The molecule has 52 heavy (non-hydrogen) atoms. The average Bonchev–Trinajstić information content (AvgIpc) is 3.52. The first-order valence-electron chi connectivity index (χ1n) is 18.2. The zero-order chi connectivity index (χ0) is 34.2. The number of fused-ring (bicyclic) bond motifs is 7. The highest BCUT2D eigenvalue weighted by molar-refractivity contribution is 7.00. The maximum absolute atomic E-state index is 2.53. The summed E-state index contributed by atoms with van der Waals surface area (Å²) in [6, 6.07) is 74.1. The van der Waals surface area contributed by atoms with Crippen LogP contribution in [0.2, 0.25) is 0 Å². The largest absolute Gasteiger partial charge is 0.311 e. The van der Waals surface area contributed by atoms with Crippen LogP contribution in [0.1, 0.15) is 22.3 Å². The quantitative estimate of drug-likeness (QED) is 0.174. The fourth-order valence-electron chi connectivity index (χ4n) is 9.54. The molecule has 1 aliphatic carbocycles. The number of nitrogens with zero attached hydrogens (tertiary/aromatic N) is 2. The summed E-state index contributed by atoms with van der Waals surface area (Å²) >= 11 is 0. The van der Waals surface area contributed by atoms with Gasteiger partial charge in [0.15, 0.2) is 0 Å². The van der Waals surface area contributed by atoms with Crippen molar-refractivity contribution in [1.82, 2.24) is 0 Å². The number of para-hydroxylation sites is 4. The summed E-state index contributed by atoms with van der Waals surface area (Å²) in [6.07, 6.45) is 0. The molecule has 3 aliphatic rings. The number of hydrogen-bond acceptors (Lipinski definition) is 2. The summed E-state index contributed by atoms with van der Waals surface area (Å²) in [4.78, 5) is 5.02. The molecule has 0 amide bonds. The highest BCUT2D eigenvalue weighted by Crippen LogP contribution is 2.57. The summed E-state index contributed by atoms with van der Waals surface area (Å²) in [5.41, 5.74) is 18.3.